The molecule has 13 rings (SSSR count). The molecule has 0 fully saturated rings. The molecule has 1 atom stereocenters. The molecule has 2 nitrogen and oxygen atoms in total. The van der Waals surface area contributed by atoms with Crippen molar-refractivity contribution in [2.75, 3.05) is 9.80 Å². The number of nitrogens with zero attached hydrogens (tertiary/aromatic N) is 2. The molecule has 0 heterocycles. The summed E-state index contributed by atoms with van der Waals surface area (Å²) in [7, 11) is 0. The molecule has 11 aromatic rings. The molecule has 0 aromatic heterocycles. The summed E-state index contributed by atoms with van der Waals surface area (Å²) in [4.78, 5) is 4.84. The number of rotatable bonds is 9. The third-order valence-electron chi connectivity index (χ3n) is 14.2. The first-order valence-electron chi connectivity index (χ1n) is 23.8. The van der Waals surface area contributed by atoms with Crippen molar-refractivity contribution in [3.8, 4) is 55.6 Å². The van der Waals surface area contributed by atoms with E-state index in [1.807, 2.05) is 0 Å². The zero-order valence-electron chi connectivity index (χ0n) is 38.0. The lowest BCUT2D eigenvalue weighted by molar-refractivity contribution is 0.793. The van der Waals surface area contributed by atoms with Crippen LogP contribution in [0.1, 0.15) is 22.3 Å². The van der Waals surface area contributed by atoms with Crippen LogP contribution in [-0.4, -0.2) is 0 Å². The van der Waals surface area contributed by atoms with Crippen LogP contribution in [0.15, 0.2) is 279 Å². The second kappa shape index (κ2) is 16.7. The zero-order chi connectivity index (χ0) is 45.7. The van der Waals surface area contributed by atoms with Crippen molar-refractivity contribution in [2.45, 2.75) is 5.41 Å². The standard InChI is InChI=1S/C67H46N2/c1-6-21-47(22-7-1)50-43-51(48-23-8-2-9-24-48)45-52(44-50)49-37-39-56(40-38-49)69(55-29-14-5-15-30-55)65-36-20-35-63-66(65)60-32-17-19-34-62(60)67(63)61-33-18-16-31-58(61)59-42-41-57(46-64(59)67)68(53-25-10-3-11-26-53)54-27-12-4-13-28-54/h1-46H. The molecule has 1 unspecified atom stereocenters. The minimum atomic E-state index is -0.560. The van der Waals surface area contributed by atoms with Crippen molar-refractivity contribution in [1.29, 1.82) is 0 Å². The van der Waals surface area contributed by atoms with Crippen LogP contribution in [0.5, 0.6) is 0 Å². The molecule has 0 N–H and O–H groups in total. The maximum Gasteiger partial charge on any atom is 0.0727 e. The van der Waals surface area contributed by atoms with Crippen LogP contribution in [-0.2, 0) is 5.41 Å². The van der Waals surface area contributed by atoms with Gasteiger partial charge in [-0.15, -0.1) is 0 Å². The van der Waals surface area contributed by atoms with Gasteiger partial charge in [0.15, 0.2) is 0 Å². The van der Waals surface area contributed by atoms with Crippen molar-refractivity contribution in [1.82, 2.24) is 0 Å². The van der Waals surface area contributed by atoms with Crippen LogP contribution >= 0.6 is 0 Å². The van der Waals surface area contributed by atoms with Gasteiger partial charge in [0.1, 0.15) is 0 Å². The Bertz CT molecular complexity index is 3550. The van der Waals surface area contributed by atoms with Crippen molar-refractivity contribution in [3.05, 3.63) is 301 Å². The van der Waals surface area contributed by atoms with Gasteiger partial charge in [0, 0.05) is 34.0 Å². The lowest BCUT2D eigenvalue weighted by Crippen LogP contribution is -2.26. The number of hydrogen-bond donors (Lipinski definition) is 0. The average molecular weight is 879 g/mol. The van der Waals surface area contributed by atoms with Crippen LogP contribution in [0.4, 0.5) is 34.1 Å². The van der Waals surface area contributed by atoms with Gasteiger partial charge in [-0.25, -0.2) is 0 Å². The molecule has 0 saturated heterocycles. The summed E-state index contributed by atoms with van der Waals surface area (Å²) in [5, 5.41) is 0. The van der Waals surface area contributed by atoms with Crippen molar-refractivity contribution in [2.24, 2.45) is 0 Å². The smallest absolute Gasteiger partial charge is 0.0727 e. The lowest BCUT2D eigenvalue weighted by atomic mass is 9.70. The van der Waals surface area contributed by atoms with E-state index in [4.69, 9.17) is 0 Å². The van der Waals surface area contributed by atoms with Crippen molar-refractivity contribution in [3.63, 3.8) is 0 Å². The van der Waals surface area contributed by atoms with E-state index in [-0.39, 0.29) is 0 Å². The maximum absolute atomic E-state index is 2.47. The largest absolute Gasteiger partial charge is 0.310 e. The predicted molar refractivity (Wildman–Crippen MR) is 288 cm³/mol. The maximum atomic E-state index is 2.47. The Labute approximate surface area is 404 Å². The van der Waals surface area contributed by atoms with E-state index >= 15 is 0 Å². The fourth-order valence-electron chi connectivity index (χ4n) is 11.3. The highest BCUT2D eigenvalue weighted by Crippen LogP contribution is 2.65. The fraction of sp³-hybridized carbons (Fsp3) is 0.0149. The van der Waals surface area contributed by atoms with E-state index in [9.17, 15) is 0 Å². The van der Waals surface area contributed by atoms with Crippen LogP contribution in [0.2, 0.25) is 0 Å². The molecule has 2 aliphatic carbocycles. The second-order valence-electron chi connectivity index (χ2n) is 18.0. The van der Waals surface area contributed by atoms with Gasteiger partial charge in [-0.1, -0.05) is 194 Å². The average Bonchev–Trinajstić information content (AvgIpc) is 3.90. The van der Waals surface area contributed by atoms with Crippen LogP contribution in [0, 0.1) is 0 Å². The molecular formula is C67H46N2. The normalized spacial score (nSPS) is 13.9. The Morgan fingerprint density at radius 2 is 0.609 bits per heavy atom. The van der Waals surface area contributed by atoms with Gasteiger partial charge in [-0.3, -0.25) is 0 Å². The molecule has 324 valence electrons. The summed E-state index contributed by atoms with van der Waals surface area (Å²) in [6.07, 6.45) is 0. The molecule has 0 amide bonds. The zero-order valence-corrected chi connectivity index (χ0v) is 38.0. The van der Waals surface area contributed by atoms with E-state index in [1.165, 1.54) is 77.9 Å². The topological polar surface area (TPSA) is 6.48 Å². The number of para-hydroxylation sites is 3. The van der Waals surface area contributed by atoms with E-state index in [2.05, 4.69) is 289 Å². The van der Waals surface area contributed by atoms with Crippen molar-refractivity contribution < 1.29 is 0 Å². The Morgan fingerprint density at radius 1 is 0.217 bits per heavy atom. The quantitative estimate of drug-likeness (QED) is 0.143. The first-order chi connectivity index (χ1) is 34.2. The Balaban J connectivity index is 0.994. The lowest BCUT2D eigenvalue weighted by Gasteiger charge is -2.33. The van der Waals surface area contributed by atoms with E-state index < -0.39 is 5.41 Å². The van der Waals surface area contributed by atoms with E-state index in [0.717, 1.165) is 34.1 Å². The fourth-order valence-corrected chi connectivity index (χ4v) is 11.3. The van der Waals surface area contributed by atoms with Crippen LogP contribution in [0.25, 0.3) is 55.6 Å². The first kappa shape index (κ1) is 40.3. The van der Waals surface area contributed by atoms with Gasteiger partial charge >= 0.3 is 0 Å². The van der Waals surface area contributed by atoms with Crippen LogP contribution < -0.4 is 9.80 Å². The molecule has 2 heteroatoms. The molecule has 0 radical (unpaired) electrons. The summed E-state index contributed by atoms with van der Waals surface area (Å²) in [6.45, 7) is 0. The van der Waals surface area contributed by atoms with Gasteiger partial charge in [-0.05, 0) is 157 Å². The molecular weight excluding hydrogens is 833 g/mol. The monoisotopic (exact) mass is 878 g/mol. The van der Waals surface area contributed by atoms with Crippen molar-refractivity contribution >= 4 is 34.1 Å². The molecule has 0 saturated carbocycles. The SMILES string of the molecule is c1ccc(-c2cc(-c3ccccc3)cc(-c3ccc(N(c4ccccc4)c4cccc5c4-c4ccccc4C54c5ccccc5-c5ccc(N(c6ccccc6)c6ccccc6)cc54)cc3)c2)cc1. The molecule has 11 aromatic carbocycles. The van der Waals surface area contributed by atoms with Gasteiger partial charge < -0.3 is 9.80 Å². The summed E-state index contributed by atoms with van der Waals surface area (Å²) in [5.41, 5.74) is 23.5. The van der Waals surface area contributed by atoms with Gasteiger partial charge in [0.2, 0.25) is 0 Å². The molecule has 69 heavy (non-hydrogen) atoms. The number of hydrogen-bond acceptors (Lipinski definition) is 2. The highest BCUT2D eigenvalue weighted by molar-refractivity contribution is 6.02. The Kier molecular flexibility index (Phi) is 9.77. The van der Waals surface area contributed by atoms with E-state index in [1.54, 1.807) is 0 Å². The van der Waals surface area contributed by atoms with Gasteiger partial charge in [0.05, 0.1) is 11.1 Å². The molecule has 0 aliphatic heterocycles. The highest BCUT2D eigenvalue weighted by Gasteiger charge is 2.52. The third-order valence-corrected chi connectivity index (χ3v) is 14.2. The minimum Gasteiger partial charge on any atom is -0.310 e. The summed E-state index contributed by atoms with van der Waals surface area (Å²) >= 11 is 0. The number of benzene rings is 11. The number of anilines is 6. The number of fused-ring (bicyclic) bond motifs is 10. The Hall–Kier alpha value is -8.98. The second-order valence-corrected chi connectivity index (χ2v) is 18.0. The minimum absolute atomic E-state index is 0.560. The molecule has 1 spiro atoms. The highest BCUT2D eigenvalue weighted by atomic mass is 15.1. The van der Waals surface area contributed by atoms with Gasteiger partial charge in [0.25, 0.3) is 0 Å². The summed E-state index contributed by atoms with van der Waals surface area (Å²) in [6, 6.07) is 102. The van der Waals surface area contributed by atoms with Crippen LogP contribution in [0.3, 0.4) is 0 Å². The molecule has 0 bridgehead atoms. The summed E-state index contributed by atoms with van der Waals surface area (Å²) in [5.74, 6) is 0. The van der Waals surface area contributed by atoms with E-state index in [0.29, 0.717) is 0 Å². The predicted octanol–water partition coefficient (Wildman–Crippen LogP) is 18.0. The molecule has 2 aliphatic rings. The third kappa shape index (κ3) is 6.64. The first-order valence-corrected chi connectivity index (χ1v) is 23.8. The summed E-state index contributed by atoms with van der Waals surface area (Å²) < 4.78 is 0. The van der Waals surface area contributed by atoms with Gasteiger partial charge in [-0.2, -0.15) is 0 Å². The Morgan fingerprint density at radius 3 is 1.16 bits per heavy atom.